The average Bonchev–Trinajstić information content (AvgIpc) is 2.58. The summed E-state index contributed by atoms with van der Waals surface area (Å²) in [5.74, 6) is -0.925. The van der Waals surface area contributed by atoms with Gasteiger partial charge >= 0.3 is 5.97 Å². The fourth-order valence-electron chi connectivity index (χ4n) is 1.43. The molecular weight excluding hydrogens is 234 g/mol. The average molecular weight is 242 g/mol. The Hall–Kier alpha value is -1.13. The Kier molecular flexibility index (Phi) is 2.40. The van der Waals surface area contributed by atoms with Gasteiger partial charge in [-0.3, -0.25) is 0 Å². The first-order valence-corrected chi connectivity index (χ1v) is 5.49. The molecule has 0 fully saturated rings. The number of thiophene rings is 1. The van der Waals surface area contributed by atoms with Gasteiger partial charge in [0.1, 0.15) is 9.71 Å². The molecule has 0 radical (unpaired) electrons. The first-order valence-electron chi connectivity index (χ1n) is 4.30. The summed E-state index contributed by atoms with van der Waals surface area (Å²) in [4.78, 5) is 16.1. The van der Waals surface area contributed by atoms with Gasteiger partial charge in [0.2, 0.25) is 0 Å². The molecule has 2 aromatic rings. The lowest BCUT2D eigenvalue weighted by Gasteiger charge is -2.01. The van der Waals surface area contributed by atoms with E-state index in [9.17, 15) is 4.79 Å². The van der Waals surface area contributed by atoms with Crippen molar-refractivity contribution in [3.63, 3.8) is 0 Å². The van der Waals surface area contributed by atoms with Gasteiger partial charge < -0.3 is 5.11 Å². The number of rotatable bonds is 1. The van der Waals surface area contributed by atoms with E-state index in [4.69, 9.17) is 16.7 Å². The summed E-state index contributed by atoms with van der Waals surface area (Å²) in [5.41, 5.74) is 1.63. The Labute approximate surface area is 95.3 Å². The fraction of sp³-hybridized carbons (Fsp3) is 0.200. The van der Waals surface area contributed by atoms with Crippen molar-refractivity contribution in [1.29, 1.82) is 0 Å². The Morgan fingerprint density at radius 1 is 1.53 bits per heavy atom. The van der Waals surface area contributed by atoms with Gasteiger partial charge in [-0.15, -0.1) is 11.3 Å². The third-order valence-corrected chi connectivity index (χ3v) is 3.82. The second-order valence-corrected chi connectivity index (χ2v) is 4.68. The van der Waals surface area contributed by atoms with Crippen LogP contribution in [0.3, 0.4) is 0 Å². The standard InChI is InChI=1S/C10H8ClNO2S/c1-4-6-3-7(10(13)14)15-9(6)12-5(2)8(4)11/h3H,1-2H3,(H,13,14). The van der Waals surface area contributed by atoms with Crippen molar-refractivity contribution in [3.05, 3.63) is 27.2 Å². The lowest BCUT2D eigenvalue weighted by molar-refractivity contribution is 0.0702. The predicted octanol–water partition coefficient (Wildman–Crippen LogP) is 3.26. The lowest BCUT2D eigenvalue weighted by Crippen LogP contribution is -1.89. The quantitative estimate of drug-likeness (QED) is 0.834. The van der Waals surface area contributed by atoms with Crippen LogP contribution in [0.25, 0.3) is 10.2 Å². The van der Waals surface area contributed by atoms with Gasteiger partial charge in [0, 0.05) is 5.39 Å². The van der Waals surface area contributed by atoms with Crippen LogP contribution in [0.1, 0.15) is 20.9 Å². The van der Waals surface area contributed by atoms with Crippen molar-refractivity contribution in [2.45, 2.75) is 13.8 Å². The van der Waals surface area contributed by atoms with Gasteiger partial charge in [-0.05, 0) is 25.5 Å². The molecular formula is C10H8ClNO2S. The minimum atomic E-state index is -0.925. The largest absolute Gasteiger partial charge is 0.477 e. The van der Waals surface area contributed by atoms with E-state index in [0.717, 1.165) is 21.5 Å². The van der Waals surface area contributed by atoms with E-state index in [1.807, 2.05) is 13.8 Å². The van der Waals surface area contributed by atoms with Gasteiger partial charge in [0.05, 0.1) is 10.7 Å². The Balaban J connectivity index is 2.82. The maximum Gasteiger partial charge on any atom is 0.345 e. The molecule has 0 saturated carbocycles. The molecule has 15 heavy (non-hydrogen) atoms. The van der Waals surface area contributed by atoms with Crippen LogP contribution in [0.2, 0.25) is 5.02 Å². The molecule has 0 aliphatic carbocycles. The van der Waals surface area contributed by atoms with E-state index in [1.54, 1.807) is 6.07 Å². The third-order valence-electron chi connectivity index (χ3n) is 2.24. The highest BCUT2D eigenvalue weighted by atomic mass is 35.5. The molecule has 0 spiro atoms. The fourth-order valence-corrected chi connectivity index (χ4v) is 2.55. The maximum absolute atomic E-state index is 10.8. The van der Waals surface area contributed by atoms with Gasteiger partial charge in [0.15, 0.2) is 0 Å². The van der Waals surface area contributed by atoms with Crippen LogP contribution < -0.4 is 0 Å². The summed E-state index contributed by atoms with van der Waals surface area (Å²) in [6.45, 7) is 3.69. The molecule has 0 aliphatic heterocycles. The van der Waals surface area contributed by atoms with Gasteiger partial charge in [-0.2, -0.15) is 0 Å². The van der Waals surface area contributed by atoms with Crippen molar-refractivity contribution in [3.8, 4) is 0 Å². The Morgan fingerprint density at radius 3 is 2.80 bits per heavy atom. The van der Waals surface area contributed by atoms with E-state index in [-0.39, 0.29) is 0 Å². The molecule has 0 unspecified atom stereocenters. The molecule has 3 nitrogen and oxygen atoms in total. The first-order chi connectivity index (χ1) is 7.00. The van der Waals surface area contributed by atoms with Crippen molar-refractivity contribution < 1.29 is 9.90 Å². The van der Waals surface area contributed by atoms with Crippen molar-refractivity contribution in [1.82, 2.24) is 4.98 Å². The molecule has 0 saturated heterocycles. The first kappa shape index (κ1) is 10.4. The van der Waals surface area contributed by atoms with Crippen molar-refractivity contribution in [2.75, 3.05) is 0 Å². The number of nitrogens with zero attached hydrogens (tertiary/aromatic N) is 1. The van der Waals surface area contributed by atoms with E-state index in [1.165, 1.54) is 11.3 Å². The second kappa shape index (κ2) is 3.47. The molecule has 1 N–H and O–H groups in total. The summed E-state index contributed by atoms with van der Waals surface area (Å²) in [6.07, 6.45) is 0. The number of carboxylic acid groups (broad SMARTS) is 1. The topological polar surface area (TPSA) is 50.2 Å². The van der Waals surface area contributed by atoms with Crippen LogP contribution in [-0.2, 0) is 0 Å². The zero-order chi connectivity index (χ0) is 11.2. The monoisotopic (exact) mass is 241 g/mol. The van der Waals surface area contributed by atoms with Gasteiger partial charge in [-0.25, -0.2) is 9.78 Å². The minimum absolute atomic E-state index is 0.294. The van der Waals surface area contributed by atoms with E-state index < -0.39 is 5.97 Å². The maximum atomic E-state index is 10.8. The molecule has 5 heteroatoms. The van der Waals surface area contributed by atoms with Crippen LogP contribution in [0.5, 0.6) is 0 Å². The molecule has 0 atom stereocenters. The third kappa shape index (κ3) is 1.60. The normalized spacial score (nSPS) is 10.9. The number of hydrogen-bond donors (Lipinski definition) is 1. The zero-order valence-electron chi connectivity index (χ0n) is 8.17. The number of aromatic nitrogens is 1. The highest BCUT2D eigenvalue weighted by Crippen LogP contribution is 2.31. The molecule has 0 amide bonds. The summed E-state index contributed by atoms with van der Waals surface area (Å²) in [5, 5.41) is 10.3. The Bertz CT molecular complexity index is 562. The molecule has 2 aromatic heterocycles. The van der Waals surface area contributed by atoms with Crippen molar-refractivity contribution >= 4 is 39.1 Å². The van der Waals surface area contributed by atoms with E-state index >= 15 is 0 Å². The van der Waals surface area contributed by atoms with Crippen LogP contribution in [0.15, 0.2) is 6.07 Å². The summed E-state index contributed by atoms with van der Waals surface area (Å²) in [7, 11) is 0. The van der Waals surface area contributed by atoms with E-state index in [2.05, 4.69) is 4.98 Å². The number of halogens is 1. The molecule has 0 bridgehead atoms. The van der Waals surface area contributed by atoms with E-state index in [0.29, 0.717) is 9.90 Å². The zero-order valence-corrected chi connectivity index (χ0v) is 9.74. The number of aryl methyl sites for hydroxylation is 2. The smallest absolute Gasteiger partial charge is 0.345 e. The molecule has 2 heterocycles. The van der Waals surface area contributed by atoms with Gasteiger partial charge in [0.25, 0.3) is 0 Å². The number of aromatic carboxylic acids is 1. The number of fused-ring (bicyclic) bond motifs is 1. The number of carbonyl (C=O) groups is 1. The number of hydrogen-bond acceptors (Lipinski definition) is 3. The van der Waals surface area contributed by atoms with Crippen LogP contribution in [0, 0.1) is 13.8 Å². The summed E-state index contributed by atoms with van der Waals surface area (Å²) < 4.78 is 0. The molecule has 2 rings (SSSR count). The van der Waals surface area contributed by atoms with Crippen LogP contribution in [-0.4, -0.2) is 16.1 Å². The molecule has 78 valence electrons. The molecule has 0 aromatic carbocycles. The van der Waals surface area contributed by atoms with Crippen LogP contribution in [0.4, 0.5) is 0 Å². The van der Waals surface area contributed by atoms with Crippen LogP contribution >= 0.6 is 22.9 Å². The molecule has 0 aliphatic rings. The second-order valence-electron chi connectivity index (χ2n) is 3.27. The SMILES string of the molecule is Cc1nc2sc(C(=O)O)cc2c(C)c1Cl. The number of pyridine rings is 1. The van der Waals surface area contributed by atoms with Crippen molar-refractivity contribution in [2.24, 2.45) is 0 Å². The summed E-state index contributed by atoms with van der Waals surface area (Å²) >= 11 is 7.21. The predicted molar refractivity (Wildman–Crippen MR) is 61.1 cm³/mol. The van der Waals surface area contributed by atoms with Gasteiger partial charge in [-0.1, -0.05) is 11.6 Å². The lowest BCUT2D eigenvalue weighted by atomic mass is 10.2. The highest BCUT2D eigenvalue weighted by molar-refractivity contribution is 7.20. The highest BCUT2D eigenvalue weighted by Gasteiger charge is 2.13. The summed E-state index contributed by atoms with van der Waals surface area (Å²) in [6, 6.07) is 1.62. The minimum Gasteiger partial charge on any atom is -0.477 e. The Morgan fingerprint density at radius 2 is 2.20 bits per heavy atom. The number of carboxylic acids is 1.